The van der Waals surface area contributed by atoms with E-state index in [2.05, 4.69) is 5.10 Å². The second-order valence-electron chi connectivity index (χ2n) is 3.26. The molecular weight excluding hydrogens is 212 g/mol. The number of nitrogens with zero attached hydrogens (tertiary/aromatic N) is 2. The molecule has 0 unspecified atom stereocenters. The molecule has 0 bridgehead atoms. The van der Waals surface area contributed by atoms with Crippen molar-refractivity contribution in [3.05, 3.63) is 39.8 Å². The first kappa shape index (κ1) is 9.92. The van der Waals surface area contributed by atoms with Gasteiger partial charge in [0.2, 0.25) is 0 Å². The van der Waals surface area contributed by atoms with E-state index in [1.165, 1.54) is 0 Å². The normalized spacial score (nSPS) is 10.5. The Balaban J connectivity index is 2.23. The second-order valence-corrected chi connectivity index (χ2v) is 4.04. The zero-order valence-corrected chi connectivity index (χ0v) is 8.99. The molecule has 4 nitrogen and oxygen atoms in total. The summed E-state index contributed by atoms with van der Waals surface area (Å²) in [5, 5.41) is 17.0. The van der Waals surface area contributed by atoms with Crippen LogP contribution in [0.4, 0.5) is 0 Å². The maximum Gasteiger partial charge on any atom is 0.339 e. The van der Waals surface area contributed by atoms with Crippen molar-refractivity contribution >= 4 is 17.3 Å². The highest BCUT2D eigenvalue weighted by Crippen LogP contribution is 2.10. The standard InChI is InChI=1S/C10H10N2O2S/c1-7-9(10(13)14)5-12(11-7)4-8-2-3-15-6-8/h2-3,5-6H,4H2,1H3,(H,13,14). The molecular formula is C10H10N2O2S. The molecule has 2 heterocycles. The molecule has 0 aliphatic rings. The predicted octanol–water partition coefficient (Wildman–Crippen LogP) is 2.00. The van der Waals surface area contributed by atoms with Gasteiger partial charge in [-0.15, -0.1) is 0 Å². The highest BCUT2D eigenvalue weighted by atomic mass is 32.1. The summed E-state index contributed by atoms with van der Waals surface area (Å²) in [4.78, 5) is 10.8. The van der Waals surface area contributed by atoms with Gasteiger partial charge in [-0.1, -0.05) is 0 Å². The highest BCUT2D eigenvalue weighted by molar-refractivity contribution is 7.07. The Labute approximate surface area is 90.8 Å². The van der Waals surface area contributed by atoms with E-state index in [1.807, 2.05) is 16.8 Å². The average molecular weight is 222 g/mol. The maximum absolute atomic E-state index is 10.8. The lowest BCUT2D eigenvalue weighted by Gasteiger charge is -1.96. The van der Waals surface area contributed by atoms with Crippen molar-refractivity contribution in [3.63, 3.8) is 0 Å². The third-order valence-electron chi connectivity index (χ3n) is 2.10. The lowest BCUT2D eigenvalue weighted by Crippen LogP contribution is -1.99. The summed E-state index contributed by atoms with van der Waals surface area (Å²) in [5.74, 6) is -0.927. The monoisotopic (exact) mass is 222 g/mol. The predicted molar refractivity (Wildman–Crippen MR) is 57.3 cm³/mol. The SMILES string of the molecule is Cc1nn(Cc2ccsc2)cc1C(=O)O. The third kappa shape index (κ3) is 2.07. The van der Waals surface area contributed by atoms with Crippen molar-refractivity contribution < 1.29 is 9.90 Å². The van der Waals surface area contributed by atoms with Crippen LogP contribution >= 0.6 is 11.3 Å². The molecule has 0 amide bonds. The van der Waals surface area contributed by atoms with E-state index >= 15 is 0 Å². The number of thiophene rings is 1. The molecule has 78 valence electrons. The Kier molecular flexibility index (Phi) is 2.55. The van der Waals surface area contributed by atoms with Gasteiger partial charge < -0.3 is 5.11 Å². The van der Waals surface area contributed by atoms with Crippen LogP contribution in [-0.4, -0.2) is 20.9 Å². The molecule has 15 heavy (non-hydrogen) atoms. The molecule has 0 saturated heterocycles. The number of aromatic nitrogens is 2. The van der Waals surface area contributed by atoms with E-state index in [4.69, 9.17) is 5.11 Å². The van der Waals surface area contributed by atoms with Crippen molar-refractivity contribution in [1.82, 2.24) is 9.78 Å². The largest absolute Gasteiger partial charge is 0.478 e. The number of rotatable bonds is 3. The zero-order chi connectivity index (χ0) is 10.8. The van der Waals surface area contributed by atoms with E-state index in [0.29, 0.717) is 12.2 Å². The van der Waals surface area contributed by atoms with Gasteiger partial charge >= 0.3 is 5.97 Å². The summed E-state index contributed by atoms with van der Waals surface area (Å²) in [7, 11) is 0. The summed E-state index contributed by atoms with van der Waals surface area (Å²) < 4.78 is 1.65. The lowest BCUT2D eigenvalue weighted by molar-refractivity contribution is 0.0696. The van der Waals surface area contributed by atoms with Crippen molar-refractivity contribution in [2.24, 2.45) is 0 Å². The molecule has 2 rings (SSSR count). The summed E-state index contributed by atoms with van der Waals surface area (Å²) in [6.07, 6.45) is 1.56. The molecule has 2 aromatic rings. The van der Waals surface area contributed by atoms with Gasteiger partial charge in [0.1, 0.15) is 5.56 Å². The molecule has 5 heteroatoms. The quantitative estimate of drug-likeness (QED) is 0.864. The summed E-state index contributed by atoms with van der Waals surface area (Å²) in [6, 6.07) is 2.00. The number of carbonyl (C=O) groups is 1. The van der Waals surface area contributed by atoms with Crippen molar-refractivity contribution in [3.8, 4) is 0 Å². The van der Waals surface area contributed by atoms with Gasteiger partial charge in [0.25, 0.3) is 0 Å². The van der Waals surface area contributed by atoms with E-state index in [-0.39, 0.29) is 5.56 Å². The Morgan fingerprint density at radius 1 is 1.67 bits per heavy atom. The van der Waals surface area contributed by atoms with Gasteiger partial charge in [-0.05, 0) is 29.3 Å². The Bertz CT molecular complexity index is 474. The van der Waals surface area contributed by atoms with Crippen LogP contribution in [-0.2, 0) is 6.54 Å². The van der Waals surface area contributed by atoms with Crippen molar-refractivity contribution in [2.75, 3.05) is 0 Å². The van der Waals surface area contributed by atoms with Crippen LogP contribution in [0.25, 0.3) is 0 Å². The molecule has 0 radical (unpaired) electrons. The van der Waals surface area contributed by atoms with Crippen LogP contribution in [0.1, 0.15) is 21.6 Å². The summed E-state index contributed by atoms with van der Waals surface area (Å²) in [6.45, 7) is 2.32. The molecule has 0 saturated carbocycles. The molecule has 0 spiro atoms. The van der Waals surface area contributed by atoms with Crippen molar-refractivity contribution in [2.45, 2.75) is 13.5 Å². The van der Waals surface area contributed by atoms with E-state index in [0.717, 1.165) is 5.56 Å². The maximum atomic E-state index is 10.8. The van der Waals surface area contributed by atoms with E-state index in [1.54, 1.807) is 29.1 Å². The Hall–Kier alpha value is -1.62. The molecule has 0 fully saturated rings. The van der Waals surface area contributed by atoms with Crippen LogP contribution in [0.15, 0.2) is 23.0 Å². The summed E-state index contributed by atoms with van der Waals surface area (Å²) >= 11 is 1.62. The first-order chi connectivity index (χ1) is 7.16. The molecule has 2 aromatic heterocycles. The van der Waals surface area contributed by atoms with Crippen molar-refractivity contribution in [1.29, 1.82) is 0 Å². The Morgan fingerprint density at radius 3 is 3.00 bits per heavy atom. The van der Waals surface area contributed by atoms with E-state index < -0.39 is 5.97 Å². The number of aryl methyl sites for hydroxylation is 1. The van der Waals surface area contributed by atoms with Gasteiger partial charge in [0.05, 0.1) is 12.2 Å². The first-order valence-corrected chi connectivity index (χ1v) is 5.39. The number of aromatic carboxylic acids is 1. The molecule has 0 atom stereocenters. The first-order valence-electron chi connectivity index (χ1n) is 4.45. The molecule has 0 aromatic carbocycles. The van der Waals surface area contributed by atoms with Gasteiger partial charge in [-0.2, -0.15) is 16.4 Å². The summed E-state index contributed by atoms with van der Waals surface area (Å²) in [5.41, 5.74) is 1.96. The lowest BCUT2D eigenvalue weighted by atomic mass is 10.3. The smallest absolute Gasteiger partial charge is 0.339 e. The third-order valence-corrected chi connectivity index (χ3v) is 2.83. The minimum Gasteiger partial charge on any atom is -0.478 e. The molecule has 1 N–H and O–H groups in total. The van der Waals surface area contributed by atoms with E-state index in [9.17, 15) is 4.79 Å². The van der Waals surface area contributed by atoms with Crippen LogP contribution < -0.4 is 0 Å². The number of hydrogen-bond donors (Lipinski definition) is 1. The number of carboxylic acids is 1. The van der Waals surface area contributed by atoms with Gasteiger partial charge in [-0.25, -0.2) is 4.79 Å². The number of carboxylic acid groups (broad SMARTS) is 1. The van der Waals surface area contributed by atoms with Gasteiger partial charge in [0.15, 0.2) is 0 Å². The topological polar surface area (TPSA) is 55.1 Å². The molecule has 0 aliphatic heterocycles. The minimum absolute atomic E-state index is 0.269. The van der Waals surface area contributed by atoms with Crippen LogP contribution in [0, 0.1) is 6.92 Å². The minimum atomic E-state index is -0.927. The van der Waals surface area contributed by atoms with Crippen LogP contribution in [0.2, 0.25) is 0 Å². The van der Waals surface area contributed by atoms with Gasteiger partial charge in [-0.3, -0.25) is 4.68 Å². The second kappa shape index (κ2) is 3.86. The Morgan fingerprint density at radius 2 is 2.47 bits per heavy atom. The zero-order valence-electron chi connectivity index (χ0n) is 8.17. The fraction of sp³-hybridized carbons (Fsp3) is 0.200. The average Bonchev–Trinajstić information content (AvgIpc) is 2.75. The molecule has 0 aliphatic carbocycles. The van der Waals surface area contributed by atoms with Crippen LogP contribution in [0.5, 0.6) is 0 Å². The van der Waals surface area contributed by atoms with Gasteiger partial charge in [0, 0.05) is 6.20 Å². The fourth-order valence-electron chi connectivity index (χ4n) is 1.38. The fourth-order valence-corrected chi connectivity index (χ4v) is 2.04. The number of hydrogen-bond acceptors (Lipinski definition) is 3. The van der Waals surface area contributed by atoms with Crippen LogP contribution in [0.3, 0.4) is 0 Å². The highest BCUT2D eigenvalue weighted by Gasteiger charge is 2.11.